The summed E-state index contributed by atoms with van der Waals surface area (Å²) in [6.45, 7) is 2.37. The number of carbonyl (C=O) groups excluding carboxylic acids is 1. The van der Waals surface area contributed by atoms with Gasteiger partial charge in [0, 0.05) is 12.5 Å². The molecule has 0 bridgehead atoms. The van der Waals surface area contributed by atoms with E-state index in [1.807, 2.05) is 0 Å². The Morgan fingerprint density at radius 1 is 1.21 bits per heavy atom. The minimum absolute atomic E-state index is 0.132. The highest BCUT2D eigenvalue weighted by Gasteiger charge is 2.28. The lowest BCUT2D eigenvalue weighted by atomic mass is 9.87. The van der Waals surface area contributed by atoms with Crippen LogP contribution in [0.25, 0.3) is 0 Å². The number of primary amides is 1. The summed E-state index contributed by atoms with van der Waals surface area (Å²) in [4.78, 5) is 13.4. The van der Waals surface area contributed by atoms with E-state index in [1.54, 1.807) is 0 Å². The number of hydrogen-bond donors (Lipinski definition) is 1. The number of amides is 1. The molecule has 1 aliphatic heterocycles. The van der Waals surface area contributed by atoms with Crippen LogP contribution in [0.2, 0.25) is 0 Å². The summed E-state index contributed by atoms with van der Waals surface area (Å²) in [5, 5.41) is 0. The molecule has 2 rings (SSSR count). The SMILES string of the molecule is NC(=O)CC1CCN(C2CCC2)CC1. The molecule has 2 aliphatic rings. The predicted octanol–water partition coefficient (Wildman–Crippen LogP) is 1.13. The van der Waals surface area contributed by atoms with Crippen LogP contribution in [0, 0.1) is 5.92 Å². The van der Waals surface area contributed by atoms with E-state index in [9.17, 15) is 4.79 Å². The average molecular weight is 196 g/mol. The number of piperidine rings is 1. The quantitative estimate of drug-likeness (QED) is 0.735. The highest BCUT2D eigenvalue weighted by molar-refractivity contribution is 5.73. The van der Waals surface area contributed by atoms with E-state index in [-0.39, 0.29) is 5.91 Å². The first-order chi connectivity index (χ1) is 6.75. The van der Waals surface area contributed by atoms with Crippen molar-refractivity contribution < 1.29 is 4.79 Å². The van der Waals surface area contributed by atoms with E-state index in [4.69, 9.17) is 5.73 Å². The molecule has 1 heterocycles. The molecule has 1 saturated heterocycles. The van der Waals surface area contributed by atoms with Crippen LogP contribution in [0.3, 0.4) is 0 Å². The topological polar surface area (TPSA) is 46.3 Å². The predicted molar refractivity (Wildman–Crippen MR) is 55.7 cm³/mol. The second-order valence-corrected chi connectivity index (χ2v) is 4.73. The number of hydrogen-bond acceptors (Lipinski definition) is 2. The largest absolute Gasteiger partial charge is 0.370 e. The monoisotopic (exact) mass is 196 g/mol. The maximum Gasteiger partial charge on any atom is 0.217 e. The zero-order valence-electron chi connectivity index (χ0n) is 8.74. The maximum absolute atomic E-state index is 10.8. The summed E-state index contributed by atoms with van der Waals surface area (Å²) in [5.41, 5.74) is 5.20. The first-order valence-electron chi connectivity index (χ1n) is 5.78. The number of nitrogens with zero attached hydrogens (tertiary/aromatic N) is 1. The third-order valence-electron chi connectivity index (χ3n) is 3.73. The molecule has 0 atom stereocenters. The van der Waals surface area contributed by atoms with Gasteiger partial charge in [0.05, 0.1) is 0 Å². The minimum atomic E-state index is -0.132. The first-order valence-corrected chi connectivity index (χ1v) is 5.78. The molecule has 1 aliphatic carbocycles. The molecule has 0 aromatic rings. The van der Waals surface area contributed by atoms with Crippen LogP contribution < -0.4 is 5.73 Å². The maximum atomic E-state index is 10.8. The standard InChI is InChI=1S/C11H20N2O/c12-11(14)8-9-4-6-13(7-5-9)10-2-1-3-10/h9-10H,1-8H2,(H2,12,14). The van der Waals surface area contributed by atoms with E-state index in [0.717, 1.165) is 6.04 Å². The highest BCUT2D eigenvalue weighted by Crippen LogP contribution is 2.29. The lowest BCUT2D eigenvalue weighted by molar-refractivity contribution is -0.119. The Bertz CT molecular complexity index is 205. The number of nitrogens with two attached hydrogens (primary N) is 1. The minimum Gasteiger partial charge on any atom is -0.370 e. The van der Waals surface area contributed by atoms with Gasteiger partial charge in [-0.3, -0.25) is 4.79 Å². The summed E-state index contributed by atoms with van der Waals surface area (Å²) >= 11 is 0. The van der Waals surface area contributed by atoms with Gasteiger partial charge in [-0.2, -0.15) is 0 Å². The summed E-state index contributed by atoms with van der Waals surface area (Å²) in [6, 6.07) is 0.865. The molecule has 2 N–H and O–H groups in total. The van der Waals surface area contributed by atoms with Crippen LogP contribution in [0.1, 0.15) is 38.5 Å². The molecule has 0 unspecified atom stereocenters. The molecule has 3 heteroatoms. The van der Waals surface area contributed by atoms with Crippen molar-refractivity contribution in [3.8, 4) is 0 Å². The number of rotatable bonds is 3. The third kappa shape index (κ3) is 2.27. The van der Waals surface area contributed by atoms with Crippen molar-refractivity contribution >= 4 is 5.91 Å². The van der Waals surface area contributed by atoms with Gasteiger partial charge in [0.2, 0.25) is 5.91 Å². The summed E-state index contributed by atoms with van der Waals surface area (Å²) < 4.78 is 0. The van der Waals surface area contributed by atoms with E-state index >= 15 is 0 Å². The molecule has 1 saturated carbocycles. The van der Waals surface area contributed by atoms with E-state index < -0.39 is 0 Å². The van der Waals surface area contributed by atoms with Crippen molar-refractivity contribution in [2.24, 2.45) is 11.7 Å². The average Bonchev–Trinajstić information content (AvgIpc) is 2.04. The van der Waals surface area contributed by atoms with E-state index in [2.05, 4.69) is 4.90 Å². The molecule has 0 aromatic carbocycles. The Morgan fingerprint density at radius 3 is 2.29 bits per heavy atom. The molecule has 0 spiro atoms. The zero-order valence-corrected chi connectivity index (χ0v) is 8.74. The van der Waals surface area contributed by atoms with E-state index in [1.165, 1.54) is 45.2 Å². The van der Waals surface area contributed by atoms with Gasteiger partial charge < -0.3 is 10.6 Å². The molecule has 2 fully saturated rings. The number of carbonyl (C=O) groups is 1. The highest BCUT2D eigenvalue weighted by atomic mass is 16.1. The Kier molecular flexibility index (Phi) is 3.06. The smallest absolute Gasteiger partial charge is 0.217 e. The molecule has 14 heavy (non-hydrogen) atoms. The van der Waals surface area contributed by atoms with Gasteiger partial charge in [-0.1, -0.05) is 6.42 Å². The Hall–Kier alpha value is -0.570. The van der Waals surface area contributed by atoms with Crippen LogP contribution in [-0.4, -0.2) is 29.9 Å². The normalized spacial score (nSPS) is 26.0. The van der Waals surface area contributed by atoms with Crippen molar-refractivity contribution in [2.45, 2.75) is 44.6 Å². The van der Waals surface area contributed by atoms with Gasteiger partial charge in [-0.25, -0.2) is 0 Å². The molecule has 80 valence electrons. The van der Waals surface area contributed by atoms with Crippen molar-refractivity contribution in [1.82, 2.24) is 4.90 Å². The lowest BCUT2D eigenvalue weighted by Crippen LogP contribution is -2.45. The Labute approximate surface area is 85.6 Å². The van der Waals surface area contributed by atoms with Gasteiger partial charge in [0.25, 0.3) is 0 Å². The van der Waals surface area contributed by atoms with Crippen LogP contribution in [0.5, 0.6) is 0 Å². The van der Waals surface area contributed by atoms with Crippen LogP contribution in [0.4, 0.5) is 0 Å². The van der Waals surface area contributed by atoms with Gasteiger partial charge >= 0.3 is 0 Å². The first kappa shape index (κ1) is 9.97. The molecule has 0 radical (unpaired) electrons. The second-order valence-electron chi connectivity index (χ2n) is 4.73. The summed E-state index contributed by atoms with van der Waals surface area (Å²) in [6.07, 6.45) is 7.12. The molecule has 3 nitrogen and oxygen atoms in total. The second kappa shape index (κ2) is 4.30. The van der Waals surface area contributed by atoms with Crippen molar-refractivity contribution in [2.75, 3.05) is 13.1 Å². The zero-order chi connectivity index (χ0) is 9.97. The van der Waals surface area contributed by atoms with Crippen molar-refractivity contribution in [3.63, 3.8) is 0 Å². The van der Waals surface area contributed by atoms with E-state index in [0.29, 0.717) is 12.3 Å². The molecular weight excluding hydrogens is 176 g/mol. The molecule has 0 aromatic heterocycles. The number of likely N-dealkylation sites (tertiary alicyclic amines) is 1. The fraction of sp³-hybridized carbons (Fsp3) is 0.909. The van der Waals surface area contributed by atoms with Crippen molar-refractivity contribution in [1.29, 1.82) is 0 Å². The van der Waals surface area contributed by atoms with Crippen molar-refractivity contribution in [3.05, 3.63) is 0 Å². The third-order valence-corrected chi connectivity index (χ3v) is 3.73. The van der Waals surface area contributed by atoms with Gasteiger partial charge in [-0.15, -0.1) is 0 Å². The van der Waals surface area contributed by atoms with Crippen LogP contribution in [-0.2, 0) is 4.79 Å². The molecule has 1 amide bonds. The Balaban J connectivity index is 1.71. The van der Waals surface area contributed by atoms with Gasteiger partial charge in [0.1, 0.15) is 0 Å². The fourth-order valence-electron chi connectivity index (χ4n) is 2.56. The van der Waals surface area contributed by atoms with Crippen LogP contribution in [0.15, 0.2) is 0 Å². The molecular formula is C11H20N2O. The summed E-state index contributed by atoms with van der Waals surface area (Å²) in [7, 11) is 0. The fourth-order valence-corrected chi connectivity index (χ4v) is 2.56. The Morgan fingerprint density at radius 2 is 1.86 bits per heavy atom. The lowest BCUT2D eigenvalue weighted by Gasteiger charge is -2.41. The van der Waals surface area contributed by atoms with Gasteiger partial charge in [0.15, 0.2) is 0 Å². The van der Waals surface area contributed by atoms with Crippen LogP contribution >= 0.6 is 0 Å². The van der Waals surface area contributed by atoms with Gasteiger partial charge in [-0.05, 0) is 44.7 Å². The summed E-state index contributed by atoms with van der Waals surface area (Å²) in [5.74, 6) is 0.427.